The maximum atomic E-state index is 13.2. The smallest absolute Gasteiger partial charge is 0.336 e. The molecular weight excluding hydrogens is 450 g/mol. The number of methoxy groups -OCH3 is 3. The van der Waals surface area contributed by atoms with Crippen molar-refractivity contribution in [1.82, 2.24) is 4.90 Å². The first-order chi connectivity index (χ1) is 17.0. The minimum Gasteiger partial charge on any atom is -0.497 e. The van der Waals surface area contributed by atoms with Gasteiger partial charge in [-0.1, -0.05) is 24.3 Å². The number of carbonyl (C=O) groups is 2. The number of benzene rings is 2. The quantitative estimate of drug-likeness (QED) is 0.467. The van der Waals surface area contributed by atoms with E-state index in [0.29, 0.717) is 23.6 Å². The highest BCUT2D eigenvalue weighted by atomic mass is 16.5. The summed E-state index contributed by atoms with van der Waals surface area (Å²) in [6.45, 7) is 4.27. The van der Waals surface area contributed by atoms with Gasteiger partial charge in [-0.25, -0.2) is 9.59 Å². The van der Waals surface area contributed by atoms with Crippen molar-refractivity contribution in [2.45, 2.75) is 26.3 Å². The molecule has 0 N–H and O–H groups in total. The van der Waals surface area contributed by atoms with Gasteiger partial charge in [0.25, 0.3) is 0 Å². The largest absolute Gasteiger partial charge is 0.497 e. The molecule has 0 saturated carbocycles. The van der Waals surface area contributed by atoms with Crippen LogP contribution in [0.1, 0.15) is 30.9 Å². The number of ether oxygens (including phenoxy) is 5. The van der Waals surface area contributed by atoms with Crippen molar-refractivity contribution in [3.8, 4) is 17.2 Å². The molecule has 186 valence electrons. The van der Waals surface area contributed by atoms with Gasteiger partial charge in [0, 0.05) is 24.5 Å². The van der Waals surface area contributed by atoms with E-state index in [-0.39, 0.29) is 24.4 Å². The minimum absolute atomic E-state index is 0.190. The summed E-state index contributed by atoms with van der Waals surface area (Å²) in [6.07, 6.45) is 3.41. The number of para-hydroxylation sites is 1. The SMILES string of the molecule is CCOC(=O)C1=CN(Cc2ccc(OC)cc2)C=C(C(=O)OCC)C1c1cccc(OC)c1OC. The van der Waals surface area contributed by atoms with Crippen LogP contribution in [-0.2, 0) is 25.6 Å². The third-order valence-corrected chi connectivity index (χ3v) is 5.52. The number of hydrogen-bond acceptors (Lipinski definition) is 8. The lowest BCUT2D eigenvalue weighted by Gasteiger charge is -2.31. The second-order valence-corrected chi connectivity index (χ2v) is 7.65. The van der Waals surface area contributed by atoms with Crippen LogP contribution >= 0.6 is 0 Å². The average Bonchev–Trinajstić information content (AvgIpc) is 2.88. The Balaban J connectivity index is 2.14. The average molecular weight is 482 g/mol. The van der Waals surface area contributed by atoms with Gasteiger partial charge in [0.2, 0.25) is 0 Å². The fourth-order valence-electron chi connectivity index (χ4n) is 3.99. The molecule has 0 spiro atoms. The third kappa shape index (κ3) is 5.77. The van der Waals surface area contributed by atoms with Gasteiger partial charge in [-0.2, -0.15) is 0 Å². The van der Waals surface area contributed by atoms with Crippen LogP contribution in [0.25, 0.3) is 0 Å². The van der Waals surface area contributed by atoms with Gasteiger partial charge in [0.1, 0.15) is 5.75 Å². The molecule has 35 heavy (non-hydrogen) atoms. The van der Waals surface area contributed by atoms with Gasteiger partial charge in [0.05, 0.1) is 51.6 Å². The number of carbonyl (C=O) groups excluding carboxylic acids is 2. The van der Waals surface area contributed by atoms with Crippen LogP contribution < -0.4 is 14.2 Å². The Labute approximate surface area is 205 Å². The van der Waals surface area contributed by atoms with Crippen LogP contribution in [0.4, 0.5) is 0 Å². The molecule has 0 atom stereocenters. The zero-order chi connectivity index (χ0) is 25.4. The Morgan fingerprint density at radius 2 is 1.40 bits per heavy atom. The van der Waals surface area contributed by atoms with E-state index in [4.69, 9.17) is 23.7 Å². The van der Waals surface area contributed by atoms with E-state index >= 15 is 0 Å². The zero-order valence-corrected chi connectivity index (χ0v) is 20.7. The molecule has 0 unspecified atom stereocenters. The summed E-state index contributed by atoms with van der Waals surface area (Å²) < 4.78 is 27.1. The third-order valence-electron chi connectivity index (χ3n) is 5.52. The second-order valence-electron chi connectivity index (χ2n) is 7.65. The van der Waals surface area contributed by atoms with Crippen molar-refractivity contribution < 1.29 is 33.3 Å². The number of hydrogen-bond donors (Lipinski definition) is 0. The summed E-state index contributed by atoms with van der Waals surface area (Å²) in [4.78, 5) is 28.1. The van der Waals surface area contributed by atoms with Crippen LogP contribution in [-0.4, -0.2) is 51.4 Å². The van der Waals surface area contributed by atoms with Crippen molar-refractivity contribution >= 4 is 11.9 Å². The van der Waals surface area contributed by atoms with Gasteiger partial charge in [-0.05, 0) is 37.6 Å². The molecule has 2 aromatic rings. The maximum Gasteiger partial charge on any atom is 0.336 e. The van der Waals surface area contributed by atoms with Gasteiger partial charge in [-0.3, -0.25) is 0 Å². The number of rotatable bonds is 10. The molecule has 0 radical (unpaired) electrons. The molecule has 2 aromatic carbocycles. The predicted octanol–water partition coefficient (Wildman–Crippen LogP) is 4.21. The molecule has 1 aliphatic heterocycles. The summed E-state index contributed by atoms with van der Waals surface area (Å²) in [5, 5.41) is 0. The summed E-state index contributed by atoms with van der Waals surface area (Å²) in [5.41, 5.74) is 2.13. The topological polar surface area (TPSA) is 83.5 Å². The minimum atomic E-state index is -0.773. The van der Waals surface area contributed by atoms with Crippen LogP contribution in [0, 0.1) is 0 Å². The van der Waals surface area contributed by atoms with Crippen LogP contribution in [0.3, 0.4) is 0 Å². The molecule has 0 aliphatic carbocycles. The van der Waals surface area contributed by atoms with Gasteiger partial charge in [-0.15, -0.1) is 0 Å². The van der Waals surface area contributed by atoms with Crippen molar-refractivity contribution in [2.75, 3.05) is 34.5 Å². The molecule has 0 amide bonds. The molecule has 0 fully saturated rings. The number of nitrogens with zero attached hydrogens (tertiary/aromatic N) is 1. The van der Waals surface area contributed by atoms with E-state index in [1.165, 1.54) is 14.2 Å². The molecule has 0 bridgehead atoms. The van der Waals surface area contributed by atoms with E-state index in [0.717, 1.165) is 11.3 Å². The molecule has 1 heterocycles. The fraction of sp³-hybridized carbons (Fsp3) is 0.333. The second kappa shape index (κ2) is 12.0. The first kappa shape index (κ1) is 25.7. The molecular formula is C27H31NO7. The Morgan fingerprint density at radius 1 is 0.800 bits per heavy atom. The monoisotopic (exact) mass is 481 g/mol. The van der Waals surface area contributed by atoms with Crippen LogP contribution in [0.2, 0.25) is 0 Å². The molecule has 8 heteroatoms. The van der Waals surface area contributed by atoms with Crippen molar-refractivity contribution in [3.63, 3.8) is 0 Å². The lowest BCUT2D eigenvalue weighted by molar-refractivity contribution is -0.139. The normalized spacial score (nSPS) is 13.5. The standard InChI is InChI=1S/C27H31NO7/c1-6-34-26(29)21-16-28(15-18-11-13-19(31-3)14-12-18)17-22(27(30)35-7-2)24(21)20-9-8-10-23(32-4)25(20)33-5/h8-14,16-17,24H,6-7,15H2,1-5H3. The Morgan fingerprint density at radius 3 is 1.89 bits per heavy atom. The molecule has 8 nitrogen and oxygen atoms in total. The summed E-state index contributed by atoms with van der Waals surface area (Å²) in [7, 11) is 4.65. The fourth-order valence-corrected chi connectivity index (χ4v) is 3.99. The van der Waals surface area contributed by atoms with E-state index in [2.05, 4.69) is 0 Å². The summed E-state index contributed by atoms with van der Waals surface area (Å²) in [6, 6.07) is 12.9. The highest BCUT2D eigenvalue weighted by Gasteiger charge is 2.37. The van der Waals surface area contributed by atoms with Crippen molar-refractivity contribution in [2.24, 2.45) is 0 Å². The molecule has 3 rings (SSSR count). The lowest BCUT2D eigenvalue weighted by atomic mass is 9.82. The summed E-state index contributed by atoms with van der Waals surface area (Å²) >= 11 is 0. The number of esters is 2. The Kier molecular flexibility index (Phi) is 8.78. The predicted molar refractivity (Wildman–Crippen MR) is 130 cm³/mol. The van der Waals surface area contributed by atoms with Gasteiger partial charge < -0.3 is 28.6 Å². The van der Waals surface area contributed by atoms with Crippen LogP contribution in [0.5, 0.6) is 17.2 Å². The van der Waals surface area contributed by atoms with E-state index in [9.17, 15) is 9.59 Å². The van der Waals surface area contributed by atoms with E-state index in [1.807, 2.05) is 24.3 Å². The Hall–Kier alpha value is -3.94. The summed E-state index contributed by atoms with van der Waals surface area (Å²) in [5.74, 6) is -0.187. The van der Waals surface area contributed by atoms with Gasteiger partial charge in [0.15, 0.2) is 11.5 Å². The lowest BCUT2D eigenvalue weighted by Crippen LogP contribution is -2.29. The highest BCUT2D eigenvalue weighted by Crippen LogP contribution is 2.44. The van der Waals surface area contributed by atoms with Crippen LogP contribution in [0.15, 0.2) is 66.0 Å². The van der Waals surface area contributed by atoms with E-state index in [1.54, 1.807) is 56.5 Å². The van der Waals surface area contributed by atoms with Crippen molar-refractivity contribution in [3.05, 3.63) is 77.1 Å². The highest BCUT2D eigenvalue weighted by molar-refractivity contribution is 5.99. The van der Waals surface area contributed by atoms with Crippen molar-refractivity contribution in [1.29, 1.82) is 0 Å². The Bertz CT molecular complexity index is 1070. The maximum absolute atomic E-state index is 13.2. The molecule has 1 aliphatic rings. The zero-order valence-electron chi connectivity index (χ0n) is 20.7. The van der Waals surface area contributed by atoms with E-state index < -0.39 is 17.9 Å². The molecule has 0 aromatic heterocycles. The van der Waals surface area contributed by atoms with Gasteiger partial charge >= 0.3 is 11.9 Å². The molecule has 0 saturated heterocycles. The first-order valence-electron chi connectivity index (χ1n) is 11.3. The first-order valence-corrected chi connectivity index (χ1v) is 11.3.